The lowest BCUT2D eigenvalue weighted by Crippen LogP contribution is -2.41. The molecule has 2 atom stereocenters. The van der Waals surface area contributed by atoms with Crippen molar-refractivity contribution in [1.82, 2.24) is 9.80 Å². The molecule has 2 aromatic rings. The Morgan fingerprint density at radius 1 is 1.03 bits per heavy atom. The number of nitrogens with zero attached hydrogens (tertiary/aromatic N) is 2. The van der Waals surface area contributed by atoms with E-state index in [2.05, 4.69) is 30.4 Å². The molecule has 0 spiro atoms. The Hall–Kier alpha value is -3.08. The van der Waals surface area contributed by atoms with Crippen LogP contribution < -0.4 is 4.74 Å². The molecule has 2 amide bonds. The summed E-state index contributed by atoms with van der Waals surface area (Å²) in [5.74, 6) is 0.944. The van der Waals surface area contributed by atoms with E-state index in [1.54, 1.807) is 7.11 Å². The molecule has 33 heavy (non-hydrogen) atoms. The van der Waals surface area contributed by atoms with Gasteiger partial charge in [-0.3, -0.25) is 9.59 Å². The van der Waals surface area contributed by atoms with E-state index < -0.39 is 0 Å². The smallest absolute Gasteiger partial charge is 0.227 e. The Bertz CT molecular complexity index is 1020. The molecule has 0 unspecified atom stereocenters. The molecule has 4 rings (SSSR count). The zero-order valence-electron chi connectivity index (χ0n) is 19.7. The zero-order valence-corrected chi connectivity index (χ0v) is 19.7. The molecule has 2 aromatic carbocycles. The lowest BCUT2D eigenvalue weighted by Gasteiger charge is -2.28. The topological polar surface area (TPSA) is 49.9 Å². The largest absolute Gasteiger partial charge is 0.496 e. The van der Waals surface area contributed by atoms with Crippen molar-refractivity contribution in [3.05, 3.63) is 66.2 Å². The van der Waals surface area contributed by atoms with E-state index in [9.17, 15) is 9.59 Å². The number of hydrogen-bond acceptors (Lipinski definition) is 3. The number of benzene rings is 2. The molecule has 0 radical (unpaired) electrons. The average Bonchev–Trinajstić information content (AvgIpc) is 3.03. The number of carbonyl (C=O) groups excluding carboxylic acids is 2. The first-order chi connectivity index (χ1) is 16.1. The van der Waals surface area contributed by atoms with Crippen LogP contribution in [0.5, 0.6) is 5.75 Å². The van der Waals surface area contributed by atoms with Gasteiger partial charge in [-0.15, -0.1) is 0 Å². The van der Waals surface area contributed by atoms with Crippen LogP contribution in [-0.2, 0) is 16.0 Å². The van der Waals surface area contributed by atoms with Crippen molar-refractivity contribution in [2.45, 2.75) is 32.6 Å². The second-order valence-corrected chi connectivity index (χ2v) is 8.94. The quantitative estimate of drug-likeness (QED) is 0.611. The van der Waals surface area contributed by atoms with Gasteiger partial charge in [-0.2, -0.15) is 0 Å². The lowest BCUT2D eigenvalue weighted by atomic mass is 9.90. The minimum absolute atomic E-state index is 0.0415. The Labute approximate surface area is 197 Å². The van der Waals surface area contributed by atoms with Crippen LogP contribution in [0.15, 0.2) is 60.7 Å². The van der Waals surface area contributed by atoms with Gasteiger partial charge in [-0.05, 0) is 49.8 Å². The maximum atomic E-state index is 13.4. The van der Waals surface area contributed by atoms with E-state index >= 15 is 0 Å². The highest BCUT2D eigenvalue weighted by atomic mass is 16.5. The second-order valence-electron chi connectivity index (χ2n) is 8.94. The summed E-state index contributed by atoms with van der Waals surface area (Å²) in [5, 5.41) is 0. The van der Waals surface area contributed by atoms with Crippen molar-refractivity contribution >= 4 is 11.8 Å². The first-order valence-corrected chi connectivity index (χ1v) is 12.1. The average molecular weight is 447 g/mol. The van der Waals surface area contributed by atoms with Gasteiger partial charge in [0, 0.05) is 37.7 Å². The van der Waals surface area contributed by atoms with E-state index in [0.717, 1.165) is 41.7 Å². The Kier molecular flexibility index (Phi) is 7.48. The molecule has 0 N–H and O–H groups in total. The van der Waals surface area contributed by atoms with Gasteiger partial charge in [-0.25, -0.2) is 0 Å². The van der Waals surface area contributed by atoms with E-state index in [4.69, 9.17) is 4.74 Å². The molecule has 1 aliphatic carbocycles. The van der Waals surface area contributed by atoms with Crippen LogP contribution >= 0.6 is 0 Å². The van der Waals surface area contributed by atoms with Crippen molar-refractivity contribution in [2.24, 2.45) is 11.8 Å². The van der Waals surface area contributed by atoms with Gasteiger partial charge < -0.3 is 14.5 Å². The molecule has 5 nitrogen and oxygen atoms in total. The molecule has 2 aliphatic rings. The third-order valence-electron chi connectivity index (χ3n) is 6.93. The van der Waals surface area contributed by atoms with Gasteiger partial charge in [0.15, 0.2) is 0 Å². The van der Waals surface area contributed by atoms with Crippen molar-refractivity contribution in [2.75, 3.05) is 33.3 Å². The Morgan fingerprint density at radius 3 is 2.52 bits per heavy atom. The van der Waals surface area contributed by atoms with Gasteiger partial charge in [0.2, 0.25) is 11.8 Å². The molecule has 1 heterocycles. The summed E-state index contributed by atoms with van der Waals surface area (Å²) in [4.78, 5) is 30.6. The SMILES string of the molecule is CCN1CCN(C(=O)[C@@H]2CC=CCC2)C[C@@H](Cc2ccccc2-c2ccccc2OC)C1=O. The van der Waals surface area contributed by atoms with Crippen molar-refractivity contribution in [3.8, 4) is 16.9 Å². The zero-order chi connectivity index (χ0) is 23.2. The molecule has 0 bridgehead atoms. The molecule has 0 saturated carbocycles. The van der Waals surface area contributed by atoms with E-state index in [1.807, 2.05) is 47.1 Å². The molecule has 174 valence electrons. The summed E-state index contributed by atoms with van der Waals surface area (Å²) < 4.78 is 5.60. The maximum absolute atomic E-state index is 13.4. The fraction of sp³-hybridized carbons (Fsp3) is 0.429. The van der Waals surface area contributed by atoms with Crippen LogP contribution in [0, 0.1) is 11.8 Å². The third-order valence-corrected chi connectivity index (χ3v) is 6.93. The minimum Gasteiger partial charge on any atom is -0.496 e. The summed E-state index contributed by atoms with van der Waals surface area (Å²) in [6, 6.07) is 16.2. The summed E-state index contributed by atoms with van der Waals surface area (Å²) in [7, 11) is 1.68. The van der Waals surface area contributed by atoms with Crippen LogP contribution in [0.25, 0.3) is 11.1 Å². The van der Waals surface area contributed by atoms with Crippen molar-refractivity contribution < 1.29 is 14.3 Å². The van der Waals surface area contributed by atoms with Gasteiger partial charge in [0.25, 0.3) is 0 Å². The fourth-order valence-electron chi connectivity index (χ4n) is 5.08. The highest BCUT2D eigenvalue weighted by Gasteiger charge is 2.34. The number of likely N-dealkylation sites (N-methyl/N-ethyl adjacent to an activating group) is 1. The van der Waals surface area contributed by atoms with Crippen LogP contribution in [0.3, 0.4) is 0 Å². The summed E-state index contributed by atoms with van der Waals surface area (Å²) in [5.41, 5.74) is 3.20. The number of allylic oxidation sites excluding steroid dienone is 2. The first-order valence-electron chi connectivity index (χ1n) is 12.1. The maximum Gasteiger partial charge on any atom is 0.227 e. The number of rotatable bonds is 6. The standard InChI is InChI=1S/C28H34N2O3/c1-3-29-17-18-30(27(31)21-11-5-4-6-12-21)20-23(28(29)32)19-22-13-7-8-14-24(22)25-15-9-10-16-26(25)33-2/h4-5,7-10,13-16,21,23H,3,6,11-12,17-20H2,1-2H3/t21-,23-/m1/s1. The summed E-state index contributed by atoms with van der Waals surface area (Å²) in [6.07, 6.45) is 7.54. The van der Waals surface area contributed by atoms with Crippen LogP contribution in [0.1, 0.15) is 31.7 Å². The Morgan fingerprint density at radius 2 is 1.79 bits per heavy atom. The van der Waals surface area contributed by atoms with E-state index in [1.165, 1.54) is 0 Å². The molecule has 1 aliphatic heterocycles. The highest BCUT2D eigenvalue weighted by Crippen LogP contribution is 2.34. The van der Waals surface area contributed by atoms with Crippen LogP contribution in [-0.4, -0.2) is 54.9 Å². The Balaban J connectivity index is 1.62. The van der Waals surface area contributed by atoms with Crippen molar-refractivity contribution in [3.63, 3.8) is 0 Å². The lowest BCUT2D eigenvalue weighted by molar-refractivity contribution is -0.136. The van der Waals surface area contributed by atoms with Gasteiger partial charge in [0.1, 0.15) is 5.75 Å². The first kappa shape index (κ1) is 23.1. The fourth-order valence-corrected chi connectivity index (χ4v) is 5.08. The number of hydrogen-bond donors (Lipinski definition) is 0. The molecule has 1 fully saturated rings. The number of amides is 2. The molecular formula is C28H34N2O3. The predicted octanol–water partition coefficient (Wildman–Crippen LogP) is 4.57. The van der Waals surface area contributed by atoms with Crippen LogP contribution in [0.4, 0.5) is 0 Å². The number of ether oxygens (including phenoxy) is 1. The van der Waals surface area contributed by atoms with Gasteiger partial charge in [-0.1, -0.05) is 54.6 Å². The summed E-state index contributed by atoms with van der Waals surface area (Å²) >= 11 is 0. The van der Waals surface area contributed by atoms with Gasteiger partial charge >= 0.3 is 0 Å². The number of carbonyl (C=O) groups is 2. The molecular weight excluding hydrogens is 412 g/mol. The molecule has 1 saturated heterocycles. The van der Waals surface area contributed by atoms with Gasteiger partial charge in [0.05, 0.1) is 13.0 Å². The molecule has 5 heteroatoms. The monoisotopic (exact) mass is 446 g/mol. The normalized spacial score (nSPS) is 21.1. The van der Waals surface area contributed by atoms with E-state index in [-0.39, 0.29) is 23.7 Å². The number of para-hydroxylation sites is 1. The minimum atomic E-state index is -0.258. The molecule has 0 aromatic heterocycles. The van der Waals surface area contributed by atoms with Crippen LogP contribution in [0.2, 0.25) is 0 Å². The van der Waals surface area contributed by atoms with E-state index in [0.29, 0.717) is 32.6 Å². The summed E-state index contributed by atoms with van der Waals surface area (Å²) in [6.45, 7) is 4.38. The highest BCUT2D eigenvalue weighted by molar-refractivity contribution is 5.84. The predicted molar refractivity (Wildman–Crippen MR) is 131 cm³/mol. The second kappa shape index (κ2) is 10.7. The van der Waals surface area contributed by atoms with Crippen molar-refractivity contribution in [1.29, 1.82) is 0 Å². The third kappa shape index (κ3) is 5.13. The number of methoxy groups -OCH3 is 1.